The van der Waals surface area contributed by atoms with Gasteiger partial charge in [0, 0.05) is 23.6 Å². The van der Waals surface area contributed by atoms with Crippen molar-refractivity contribution in [1.29, 1.82) is 0 Å². The van der Waals surface area contributed by atoms with Crippen LogP contribution in [-0.4, -0.2) is 53.9 Å². The predicted octanol–water partition coefficient (Wildman–Crippen LogP) is 4.78. The quantitative estimate of drug-likeness (QED) is 0.508. The Labute approximate surface area is 191 Å². The fraction of sp³-hybridized carbons (Fsp3) is 0.318. The van der Waals surface area contributed by atoms with Crippen LogP contribution >= 0.6 is 0 Å². The Balaban J connectivity index is 1.62. The van der Waals surface area contributed by atoms with Gasteiger partial charge >= 0.3 is 12.7 Å². The molecule has 4 rings (SSSR count). The lowest BCUT2D eigenvalue weighted by molar-refractivity contribution is -0.158. The lowest BCUT2D eigenvalue weighted by Crippen LogP contribution is -2.33. The molecule has 12 heteroatoms. The van der Waals surface area contributed by atoms with Gasteiger partial charge in [-0.1, -0.05) is 0 Å². The van der Waals surface area contributed by atoms with Crippen molar-refractivity contribution in [3.63, 3.8) is 0 Å². The molecule has 0 aliphatic carbocycles. The Morgan fingerprint density at radius 2 is 2.00 bits per heavy atom. The van der Waals surface area contributed by atoms with E-state index in [9.17, 15) is 22.4 Å². The highest BCUT2D eigenvalue weighted by molar-refractivity contribution is 5.93. The lowest BCUT2D eigenvalue weighted by Gasteiger charge is -2.18. The number of alkyl halides is 2. The highest BCUT2D eigenvalue weighted by Gasteiger charge is 2.30. The number of fused-ring (bicyclic) bond motifs is 1. The van der Waals surface area contributed by atoms with Gasteiger partial charge in [0.25, 0.3) is 0 Å². The fourth-order valence-electron chi connectivity index (χ4n) is 3.60. The molecule has 1 atom stereocenters. The van der Waals surface area contributed by atoms with Gasteiger partial charge in [0.15, 0.2) is 17.3 Å². The first kappa shape index (κ1) is 23.5. The second-order valence-electron chi connectivity index (χ2n) is 7.52. The second-order valence-corrected chi connectivity index (χ2v) is 7.52. The van der Waals surface area contributed by atoms with E-state index in [2.05, 4.69) is 20.0 Å². The summed E-state index contributed by atoms with van der Waals surface area (Å²) in [7, 11) is 1.37. The maximum absolute atomic E-state index is 14.5. The highest BCUT2D eigenvalue weighted by Crippen LogP contribution is 2.36. The molecule has 1 aliphatic heterocycles. The summed E-state index contributed by atoms with van der Waals surface area (Å²) >= 11 is 0. The molecule has 1 fully saturated rings. The highest BCUT2D eigenvalue weighted by atomic mass is 19.3. The SMILES string of the molecule is COc1cc2ncnc(Nc3ccc(F)c(C)c3F)c2cc1OC(=O)N1CC[C@H](OC(F)F)C1. The second kappa shape index (κ2) is 9.67. The van der Waals surface area contributed by atoms with Gasteiger partial charge in [-0.25, -0.2) is 23.5 Å². The molecule has 8 nitrogen and oxygen atoms in total. The van der Waals surface area contributed by atoms with Gasteiger partial charge in [-0.05, 0) is 31.5 Å². The van der Waals surface area contributed by atoms with Gasteiger partial charge in [-0.3, -0.25) is 0 Å². The predicted molar refractivity (Wildman–Crippen MR) is 114 cm³/mol. The first-order valence-corrected chi connectivity index (χ1v) is 10.2. The molecular formula is C22H20F4N4O4. The number of halogens is 4. The summed E-state index contributed by atoms with van der Waals surface area (Å²) in [6, 6.07) is 5.30. The number of ether oxygens (including phenoxy) is 3. The number of likely N-dealkylation sites (tertiary alicyclic amines) is 1. The topological polar surface area (TPSA) is 85.8 Å². The van der Waals surface area contributed by atoms with E-state index in [-0.39, 0.29) is 48.1 Å². The Morgan fingerprint density at radius 1 is 1.21 bits per heavy atom. The number of hydrogen-bond acceptors (Lipinski definition) is 7. The molecule has 1 aliphatic rings. The van der Waals surface area contributed by atoms with Gasteiger partial charge in [-0.15, -0.1) is 0 Å². The number of aromatic nitrogens is 2. The average Bonchev–Trinajstić information content (AvgIpc) is 3.27. The minimum absolute atomic E-state index is 0.00426. The van der Waals surface area contributed by atoms with Crippen molar-refractivity contribution >= 4 is 28.5 Å². The van der Waals surface area contributed by atoms with E-state index < -0.39 is 30.4 Å². The van der Waals surface area contributed by atoms with Crippen LogP contribution in [0.25, 0.3) is 10.9 Å². The van der Waals surface area contributed by atoms with Crippen LogP contribution in [0.3, 0.4) is 0 Å². The number of nitrogens with zero attached hydrogens (tertiary/aromatic N) is 3. The summed E-state index contributed by atoms with van der Waals surface area (Å²) in [5.74, 6) is -1.07. The van der Waals surface area contributed by atoms with Crippen molar-refractivity contribution in [2.24, 2.45) is 0 Å². The van der Waals surface area contributed by atoms with Crippen molar-refractivity contribution in [1.82, 2.24) is 14.9 Å². The molecule has 2 aromatic carbocycles. The first-order valence-electron chi connectivity index (χ1n) is 10.2. The van der Waals surface area contributed by atoms with Gasteiger partial charge < -0.3 is 24.4 Å². The molecule has 0 unspecified atom stereocenters. The third-order valence-corrected chi connectivity index (χ3v) is 5.39. The fourth-order valence-corrected chi connectivity index (χ4v) is 3.60. The molecule has 0 radical (unpaired) electrons. The summed E-state index contributed by atoms with van der Waals surface area (Å²) in [4.78, 5) is 22.1. The molecule has 34 heavy (non-hydrogen) atoms. The Bertz CT molecular complexity index is 1230. The molecule has 0 spiro atoms. The zero-order valence-electron chi connectivity index (χ0n) is 18.1. The average molecular weight is 480 g/mol. The van der Waals surface area contributed by atoms with Gasteiger partial charge in [0.2, 0.25) is 0 Å². The Kier molecular flexibility index (Phi) is 6.68. The number of methoxy groups -OCH3 is 1. The number of carbonyl (C=O) groups excluding carboxylic acids is 1. The summed E-state index contributed by atoms with van der Waals surface area (Å²) < 4.78 is 68.2. The van der Waals surface area contributed by atoms with Crippen molar-refractivity contribution in [3.05, 3.63) is 47.8 Å². The van der Waals surface area contributed by atoms with Crippen LogP contribution in [0, 0.1) is 18.6 Å². The maximum Gasteiger partial charge on any atom is 0.415 e. The van der Waals surface area contributed by atoms with Crippen molar-refractivity contribution in [2.45, 2.75) is 26.1 Å². The normalized spacial score (nSPS) is 15.7. The molecule has 1 saturated heterocycles. The van der Waals surface area contributed by atoms with Crippen molar-refractivity contribution in [3.8, 4) is 11.5 Å². The molecule has 1 amide bonds. The summed E-state index contributed by atoms with van der Waals surface area (Å²) in [5.41, 5.74) is 0.245. The largest absolute Gasteiger partial charge is 0.493 e. The lowest BCUT2D eigenvalue weighted by atomic mass is 10.1. The molecule has 2 heterocycles. The molecule has 3 aromatic rings. The maximum atomic E-state index is 14.5. The van der Waals surface area contributed by atoms with Crippen LogP contribution in [0.5, 0.6) is 11.5 Å². The van der Waals surface area contributed by atoms with Crippen LogP contribution in [0.2, 0.25) is 0 Å². The van der Waals surface area contributed by atoms with Crippen LogP contribution in [0.4, 0.5) is 33.9 Å². The summed E-state index contributed by atoms with van der Waals surface area (Å²) in [6.07, 6.45) is -0.0649. The van der Waals surface area contributed by atoms with E-state index in [1.165, 1.54) is 43.5 Å². The number of anilines is 2. The number of rotatable bonds is 6. The third-order valence-electron chi connectivity index (χ3n) is 5.39. The van der Waals surface area contributed by atoms with E-state index in [1.807, 2.05) is 0 Å². The standard InChI is InChI=1S/C22H20F4N4O4/c1-11-14(23)3-4-15(19(11)24)29-20-13-7-18(17(32-2)8-16(13)27-10-28-20)34-22(31)30-6-5-12(9-30)33-21(25)26/h3-4,7-8,10,12,21H,5-6,9H2,1-2H3,(H,27,28,29)/t12-/m0/s1. The molecule has 0 bridgehead atoms. The molecular weight excluding hydrogens is 460 g/mol. The molecule has 180 valence electrons. The van der Waals surface area contributed by atoms with E-state index in [1.54, 1.807) is 0 Å². The Hall–Kier alpha value is -3.67. The van der Waals surface area contributed by atoms with Crippen LogP contribution < -0.4 is 14.8 Å². The van der Waals surface area contributed by atoms with Crippen molar-refractivity contribution < 1.29 is 36.6 Å². The minimum Gasteiger partial charge on any atom is -0.493 e. The number of nitrogens with one attached hydrogen (secondary N) is 1. The minimum atomic E-state index is -2.93. The number of amides is 1. The van der Waals surface area contributed by atoms with E-state index in [0.29, 0.717) is 10.9 Å². The molecule has 1 aromatic heterocycles. The molecule has 1 N–H and O–H groups in total. The monoisotopic (exact) mass is 480 g/mol. The molecule has 0 saturated carbocycles. The van der Waals surface area contributed by atoms with Gasteiger partial charge in [0.05, 0.1) is 31.0 Å². The van der Waals surface area contributed by atoms with Gasteiger partial charge in [-0.2, -0.15) is 8.78 Å². The summed E-state index contributed by atoms with van der Waals surface area (Å²) in [6.45, 7) is -1.48. The van der Waals surface area contributed by atoms with E-state index >= 15 is 0 Å². The summed E-state index contributed by atoms with van der Waals surface area (Å²) in [5, 5.41) is 3.18. The van der Waals surface area contributed by atoms with Crippen LogP contribution in [0.1, 0.15) is 12.0 Å². The zero-order chi connectivity index (χ0) is 24.4. The smallest absolute Gasteiger partial charge is 0.415 e. The van der Waals surface area contributed by atoms with Gasteiger partial charge in [0.1, 0.15) is 18.0 Å². The first-order chi connectivity index (χ1) is 16.3. The zero-order valence-corrected chi connectivity index (χ0v) is 18.1. The van der Waals surface area contributed by atoms with Crippen LogP contribution in [0.15, 0.2) is 30.6 Å². The Morgan fingerprint density at radius 3 is 2.74 bits per heavy atom. The van der Waals surface area contributed by atoms with E-state index in [4.69, 9.17) is 9.47 Å². The van der Waals surface area contributed by atoms with Crippen LogP contribution in [-0.2, 0) is 4.74 Å². The van der Waals surface area contributed by atoms with Crippen molar-refractivity contribution in [2.75, 3.05) is 25.5 Å². The number of hydrogen-bond donors (Lipinski definition) is 1. The number of benzene rings is 2. The third kappa shape index (κ3) is 4.81. The number of carbonyl (C=O) groups is 1. The van der Waals surface area contributed by atoms with E-state index in [0.717, 1.165) is 6.07 Å².